The Kier molecular flexibility index (Phi) is 5.98. The van der Waals surface area contributed by atoms with Gasteiger partial charge in [0, 0.05) is 25.6 Å². The van der Waals surface area contributed by atoms with Crippen molar-refractivity contribution in [2.75, 3.05) is 30.6 Å². The van der Waals surface area contributed by atoms with E-state index in [4.69, 9.17) is 10.6 Å². The maximum Gasteiger partial charge on any atom is 0.145 e. The van der Waals surface area contributed by atoms with Crippen molar-refractivity contribution in [3.05, 3.63) is 11.9 Å². The molecule has 1 unspecified atom stereocenters. The molecule has 0 aliphatic heterocycles. The van der Waals surface area contributed by atoms with Gasteiger partial charge in [-0.2, -0.15) is 0 Å². The molecule has 0 saturated heterocycles. The van der Waals surface area contributed by atoms with Crippen LogP contribution in [0.25, 0.3) is 0 Å². The molecule has 0 saturated carbocycles. The van der Waals surface area contributed by atoms with Crippen LogP contribution in [0.15, 0.2) is 6.07 Å². The van der Waals surface area contributed by atoms with Crippen LogP contribution in [0.5, 0.6) is 0 Å². The van der Waals surface area contributed by atoms with Gasteiger partial charge in [-0.25, -0.2) is 15.8 Å². The Labute approximate surface area is 115 Å². The first kappa shape index (κ1) is 15.7. The molecule has 0 bridgehead atoms. The van der Waals surface area contributed by atoms with E-state index in [-0.39, 0.29) is 12.0 Å². The molecule has 108 valence electrons. The molecule has 0 aromatic carbocycles. The van der Waals surface area contributed by atoms with Crippen molar-refractivity contribution in [2.24, 2.45) is 5.84 Å². The first-order chi connectivity index (χ1) is 9.03. The van der Waals surface area contributed by atoms with Crippen LogP contribution in [0.1, 0.15) is 39.4 Å². The average Bonchev–Trinajstić information content (AvgIpc) is 2.39. The number of hydrogen-bond donors (Lipinski definition) is 2. The van der Waals surface area contributed by atoms with Crippen LogP contribution in [-0.4, -0.2) is 36.3 Å². The normalized spacial score (nSPS) is 12.6. The number of nitrogens with two attached hydrogens (primary N) is 1. The Balaban J connectivity index is 3.11. The monoisotopic (exact) mass is 267 g/mol. The Morgan fingerprint density at radius 3 is 2.53 bits per heavy atom. The Hall–Kier alpha value is -1.40. The maximum atomic E-state index is 5.48. The number of rotatable bonds is 7. The highest BCUT2D eigenvalue weighted by Gasteiger charge is 2.17. The smallest absolute Gasteiger partial charge is 0.145 e. The van der Waals surface area contributed by atoms with E-state index in [1.807, 2.05) is 6.07 Å². The third-order valence-corrected chi connectivity index (χ3v) is 2.97. The second-order valence-electron chi connectivity index (χ2n) is 4.86. The van der Waals surface area contributed by atoms with Gasteiger partial charge in [0.1, 0.15) is 17.5 Å². The summed E-state index contributed by atoms with van der Waals surface area (Å²) in [4.78, 5) is 11.2. The number of anilines is 2. The molecule has 0 fully saturated rings. The lowest BCUT2D eigenvalue weighted by atomic mass is 10.2. The summed E-state index contributed by atoms with van der Waals surface area (Å²) < 4.78 is 5.22. The molecule has 6 nitrogen and oxygen atoms in total. The second kappa shape index (κ2) is 7.25. The molecule has 19 heavy (non-hydrogen) atoms. The molecule has 6 heteroatoms. The largest absolute Gasteiger partial charge is 0.383 e. The minimum Gasteiger partial charge on any atom is -0.383 e. The minimum atomic E-state index is 0.246. The second-order valence-corrected chi connectivity index (χ2v) is 4.86. The highest BCUT2D eigenvalue weighted by molar-refractivity contribution is 5.49. The molecule has 1 rings (SSSR count). The van der Waals surface area contributed by atoms with E-state index in [2.05, 4.69) is 48.0 Å². The fraction of sp³-hybridized carbons (Fsp3) is 0.692. The van der Waals surface area contributed by atoms with Crippen molar-refractivity contribution in [3.63, 3.8) is 0 Å². The molecule has 3 N–H and O–H groups in total. The number of hydrogen-bond acceptors (Lipinski definition) is 6. The lowest BCUT2D eigenvalue weighted by Gasteiger charge is -2.29. The number of nitrogen functional groups attached to an aromatic ring is 1. The first-order valence-corrected chi connectivity index (χ1v) is 6.64. The topological polar surface area (TPSA) is 76.3 Å². The molecule has 0 aliphatic rings. The lowest BCUT2D eigenvalue weighted by Crippen LogP contribution is -2.37. The molecule has 0 aliphatic carbocycles. The van der Waals surface area contributed by atoms with Crippen LogP contribution in [-0.2, 0) is 4.74 Å². The third-order valence-electron chi connectivity index (χ3n) is 2.97. The fourth-order valence-electron chi connectivity index (χ4n) is 1.96. The molecule has 1 aromatic heterocycles. The zero-order chi connectivity index (χ0) is 14.4. The minimum absolute atomic E-state index is 0.246. The van der Waals surface area contributed by atoms with Gasteiger partial charge >= 0.3 is 0 Å². The molecule has 1 aromatic rings. The van der Waals surface area contributed by atoms with Crippen LogP contribution in [0, 0.1) is 0 Å². The zero-order valence-corrected chi connectivity index (χ0v) is 12.5. The zero-order valence-electron chi connectivity index (χ0n) is 12.5. The molecule has 0 radical (unpaired) electrons. The average molecular weight is 267 g/mol. The SMILES string of the molecule is CCN(c1cc(NN)nc(C(C)C)n1)C(C)COC. The molecule has 0 amide bonds. The summed E-state index contributed by atoms with van der Waals surface area (Å²) in [6.45, 7) is 9.84. The van der Waals surface area contributed by atoms with E-state index in [1.54, 1.807) is 7.11 Å². The van der Waals surface area contributed by atoms with E-state index in [0.29, 0.717) is 12.4 Å². The molecule has 1 heterocycles. The summed E-state index contributed by atoms with van der Waals surface area (Å²) in [5, 5.41) is 0. The first-order valence-electron chi connectivity index (χ1n) is 6.64. The van der Waals surface area contributed by atoms with Crippen LogP contribution >= 0.6 is 0 Å². The molecular weight excluding hydrogens is 242 g/mol. The van der Waals surface area contributed by atoms with Crippen LogP contribution in [0.2, 0.25) is 0 Å². The van der Waals surface area contributed by atoms with Crippen molar-refractivity contribution in [1.29, 1.82) is 0 Å². The number of hydrazine groups is 1. The Bertz CT molecular complexity index is 397. The van der Waals surface area contributed by atoms with Gasteiger partial charge in [0.05, 0.1) is 12.6 Å². The van der Waals surface area contributed by atoms with E-state index in [9.17, 15) is 0 Å². The summed E-state index contributed by atoms with van der Waals surface area (Å²) in [7, 11) is 1.71. The summed E-state index contributed by atoms with van der Waals surface area (Å²) in [5.41, 5.74) is 2.60. The number of nitrogens with zero attached hydrogens (tertiary/aromatic N) is 3. The molecule has 1 atom stereocenters. The number of likely N-dealkylation sites (N-methyl/N-ethyl adjacent to an activating group) is 1. The summed E-state index contributed by atoms with van der Waals surface area (Å²) in [6, 6.07) is 2.11. The summed E-state index contributed by atoms with van der Waals surface area (Å²) in [5.74, 6) is 8.03. The van der Waals surface area contributed by atoms with Gasteiger partial charge in [-0.3, -0.25) is 0 Å². The Morgan fingerprint density at radius 2 is 2.05 bits per heavy atom. The van der Waals surface area contributed by atoms with Crippen LogP contribution in [0.3, 0.4) is 0 Å². The highest BCUT2D eigenvalue weighted by atomic mass is 16.5. The molecule has 0 spiro atoms. The quantitative estimate of drug-likeness (QED) is 0.579. The van der Waals surface area contributed by atoms with Crippen molar-refractivity contribution >= 4 is 11.6 Å². The standard InChI is InChI=1S/C13H25N5O/c1-6-18(10(4)8-19-5)12-7-11(17-14)15-13(16-12)9(2)3/h7,9-10H,6,8,14H2,1-5H3,(H,15,16,17). The molecular formula is C13H25N5O. The number of aromatic nitrogens is 2. The van der Waals surface area contributed by atoms with Crippen molar-refractivity contribution in [2.45, 2.75) is 39.7 Å². The van der Waals surface area contributed by atoms with E-state index in [1.165, 1.54) is 0 Å². The highest BCUT2D eigenvalue weighted by Crippen LogP contribution is 2.21. The van der Waals surface area contributed by atoms with Crippen molar-refractivity contribution in [1.82, 2.24) is 9.97 Å². The van der Waals surface area contributed by atoms with Crippen LogP contribution < -0.4 is 16.2 Å². The lowest BCUT2D eigenvalue weighted by molar-refractivity contribution is 0.181. The van der Waals surface area contributed by atoms with Gasteiger partial charge in [-0.1, -0.05) is 13.8 Å². The van der Waals surface area contributed by atoms with Crippen molar-refractivity contribution < 1.29 is 4.74 Å². The van der Waals surface area contributed by atoms with E-state index < -0.39 is 0 Å². The van der Waals surface area contributed by atoms with Crippen LogP contribution in [0.4, 0.5) is 11.6 Å². The maximum absolute atomic E-state index is 5.48. The van der Waals surface area contributed by atoms with Gasteiger partial charge in [0.25, 0.3) is 0 Å². The number of nitrogens with one attached hydrogen (secondary N) is 1. The fourth-order valence-corrected chi connectivity index (χ4v) is 1.96. The predicted octanol–water partition coefficient (Wildman–Crippen LogP) is 1.75. The van der Waals surface area contributed by atoms with E-state index >= 15 is 0 Å². The van der Waals surface area contributed by atoms with Gasteiger partial charge in [0.2, 0.25) is 0 Å². The Morgan fingerprint density at radius 1 is 1.37 bits per heavy atom. The summed E-state index contributed by atoms with van der Waals surface area (Å²) in [6.07, 6.45) is 0. The predicted molar refractivity (Wildman–Crippen MR) is 78.3 cm³/mol. The van der Waals surface area contributed by atoms with Gasteiger partial charge < -0.3 is 15.1 Å². The third kappa shape index (κ3) is 4.04. The van der Waals surface area contributed by atoms with Crippen molar-refractivity contribution in [3.8, 4) is 0 Å². The van der Waals surface area contributed by atoms with Gasteiger partial charge in [-0.05, 0) is 13.8 Å². The number of methoxy groups -OCH3 is 1. The number of ether oxygens (including phenoxy) is 1. The van der Waals surface area contributed by atoms with Gasteiger partial charge in [0.15, 0.2) is 0 Å². The van der Waals surface area contributed by atoms with Gasteiger partial charge in [-0.15, -0.1) is 0 Å². The summed E-state index contributed by atoms with van der Waals surface area (Å²) >= 11 is 0. The van der Waals surface area contributed by atoms with E-state index in [0.717, 1.165) is 18.2 Å².